The molecule has 0 aliphatic heterocycles. The third-order valence-corrected chi connectivity index (χ3v) is 15.0. The molecule has 6 aliphatic rings. The van der Waals surface area contributed by atoms with Gasteiger partial charge in [-0.15, -0.1) is 0 Å². The van der Waals surface area contributed by atoms with E-state index in [1.807, 2.05) is 37.3 Å². The Morgan fingerprint density at radius 2 is 1.53 bits per heavy atom. The maximum Gasteiger partial charge on any atom is 0.309 e. The Hall–Kier alpha value is -2.47. The smallest absolute Gasteiger partial charge is 0.309 e. The van der Waals surface area contributed by atoms with E-state index in [1.54, 1.807) is 0 Å². The van der Waals surface area contributed by atoms with Gasteiger partial charge < -0.3 is 15.2 Å². The van der Waals surface area contributed by atoms with Crippen molar-refractivity contribution in [3.05, 3.63) is 47.0 Å². The average Bonchev–Trinajstić information content (AvgIpc) is 3.31. The van der Waals surface area contributed by atoms with Crippen LogP contribution in [0.5, 0.6) is 0 Å². The highest BCUT2D eigenvalue weighted by molar-refractivity contribution is 6.01. The van der Waals surface area contributed by atoms with Gasteiger partial charge in [0.15, 0.2) is 5.78 Å². The second kappa shape index (κ2) is 11.8. The Bertz CT molecular complexity index is 1450. The molecular weight excluding hydrogens is 586 g/mol. The summed E-state index contributed by atoms with van der Waals surface area (Å²) in [6, 6.07) is 9.72. The van der Waals surface area contributed by atoms with E-state index in [0.29, 0.717) is 48.2 Å². The first-order chi connectivity index (χ1) is 22.3. The maximum absolute atomic E-state index is 13.5. The fourth-order valence-electron chi connectivity index (χ4n) is 12.5. The van der Waals surface area contributed by atoms with Crippen LogP contribution in [0.1, 0.15) is 111 Å². The number of rotatable bonds is 6. The van der Waals surface area contributed by atoms with Crippen LogP contribution in [0.3, 0.4) is 0 Å². The Kier molecular flexibility index (Phi) is 8.33. The summed E-state index contributed by atoms with van der Waals surface area (Å²) < 4.78 is 11.9. The quantitative estimate of drug-likeness (QED) is 0.318. The summed E-state index contributed by atoms with van der Waals surface area (Å²) in [4.78, 5) is 39.5. The van der Waals surface area contributed by atoms with Gasteiger partial charge in [-0.25, -0.2) is 0 Å². The number of nitrogens with two attached hydrogens (primary N) is 1. The molecule has 1 aromatic rings. The molecule has 12 atom stereocenters. The van der Waals surface area contributed by atoms with E-state index in [1.165, 1.54) is 24.8 Å². The lowest BCUT2D eigenvalue weighted by atomic mass is 9.38. The predicted molar refractivity (Wildman–Crippen MR) is 182 cm³/mol. The van der Waals surface area contributed by atoms with Crippen molar-refractivity contribution in [2.45, 2.75) is 124 Å². The third-order valence-electron chi connectivity index (χ3n) is 15.0. The van der Waals surface area contributed by atoms with Gasteiger partial charge in [0.2, 0.25) is 0 Å². The van der Waals surface area contributed by atoms with Crippen molar-refractivity contribution in [1.29, 1.82) is 0 Å². The van der Waals surface area contributed by atoms with Gasteiger partial charge in [-0.05, 0) is 127 Å². The topological polar surface area (TPSA) is 95.7 Å². The molecule has 7 rings (SSSR count). The standard InChI is InChI=1S/C41H57NO5/c1-23(2)35-32(43)21-41(42)19-15-31-27(36(35)41)12-13-34-39(5)18-16-33(25(4)30(39)14-17-40(31,34)6)47-38(45)29-20-28(24(29)3)37(44)46-22-26-10-8-7-9-11-26/h7-11,23-25,27-31,33-34H,12-22,42H2,1-6H3. The van der Waals surface area contributed by atoms with Crippen LogP contribution in [0.25, 0.3) is 0 Å². The van der Waals surface area contributed by atoms with Gasteiger partial charge >= 0.3 is 11.9 Å². The molecule has 6 heteroatoms. The van der Waals surface area contributed by atoms with Crippen molar-refractivity contribution in [2.75, 3.05) is 0 Å². The van der Waals surface area contributed by atoms with Crippen LogP contribution < -0.4 is 5.73 Å². The Morgan fingerprint density at radius 1 is 0.872 bits per heavy atom. The van der Waals surface area contributed by atoms with E-state index in [4.69, 9.17) is 15.2 Å². The molecule has 6 aliphatic carbocycles. The van der Waals surface area contributed by atoms with Crippen molar-refractivity contribution in [2.24, 2.45) is 69.8 Å². The van der Waals surface area contributed by atoms with Crippen LogP contribution >= 0.6 is 0 Å². The van der Waals surface area contributed by atoms with Gasteiger partial charge in [0.25, 0.3) is 0 Å². The number of ether oxygens (including phenoxy) is 2. The van der Waals surface area contributed by atoms with E-state index in [-0.39, 0.29) is 59.2 Å². The van der Waals surface area contributed by atoms with Crippen molar-refractivity contribution in [3.63, 3.8) is 0 Å². The number of carbonyl (C=O) groups is 3. The minimum atomic E-state index is -0.418. The number of benzene rings is 1. The van der Waals surface area contributed by atoms with Gasteiger partial charge in [-0.2, -0.15) is 0 Å². The fraction of sp³-hybridized carbons (Fsp3) is 0.732. The SMILES string of the molecule is CC(C)C1=C2C3CCC4C(C)(CCC5C(C)C(OC(=O)C6CC(C(=O)OCc7ccccc7)C6C)CCC54C)C3CCC2(N)CC1=O. The van der Waals surface area contributed by atoms with E-state index < -0.39 is 5.54 Å². The van der Waals surface area contributed by atoms with Gasteiger partial charge in [0, 0.05) is 12.0 Å². The zero-order chi connectivity index (χ0) is 33.5. The van der Waals surface area contributed by atoms with E-state index in [0.717, 1.165) is 43.2 Å². The van der Waals surface area contributed by atoms with Gasteiger partial charge in [-0.3, -0.25) is 14.4 Å². The summed E-state index contributed by atoms with van der Waals surface area (Å²) >= 11 is 0. The molecule has 0 spiro atoms. The Labute approximate surface area is 282 Å². The number of fused-ring (bicyclic) bond motifs is 7. The van der Waals surface area contributed by atoms with Crippen LogP contribution in [-0.2, 0) is 30.5 Å². The predicted octanol–water partition coefficient (Wildman–Crippen LogP) is 7.83. The number of allylic oxidation sites excluding steroid dienone is 1. The molecule has 6 nitrogen and oxygen atoms in total. The average molecular weight is 644 g/mol. The fourth-order valence-corrected chi connectivity index (χ4v) is 12.5. The molecule has 5 fully saturated rings. The zero-order valence-electron chi connectivity index (χ0n) is 29.6. The van der Waals surface area contributed by atoms with Crippen molar-refractivity contribution < 1.29 is 23.9 Å². The molecule has 256 valence electrons. The number of hydrogen-bond donors (Lipinski definition) is 1. The Balaban J connectivity index is 0.996. The molecule has 0 saturated heterocycles. The van der Waals surface area contributed by atoms with E-state index in [2.05, 4.69) is 34.6 Å². The molecule has 12 unspecified atom stereocenters. The summed E-state index contributed by atoms with van der Waals surface area (Å²) in [5, 5.41) is 0. The molecule has 0 radical (unpaired) electrons. The lowest BCUT2D eigenvalue weighted by Crippen LogP contribution is -2.62. The normalized spacial score (nSPS) is 44.1. The lowest BCUT2D eigenvalue weighted by molar-refractivity contribution is -0.196. The minimum Gasteiger partial charge on any atom is -0.462 e. The van der Waals surface area contributed by atoms with Crippen LogP contribution in [0.4, 0.5) is 0 Å². The molecule has 0 bridgehead atoms. The van der Waals surface area contributed by atoms with Gasteiger partial charge in [0.1, 0.15) is 12.7 Å². The van der Waals surface area contributed by atoms with Gasteiger partial charge in [0.05, 0.1) is 11.8 Å². The third kappa shape index (κ3) is 5.17. The molecular formula is C41H57NO5. The monoisotopic (exact) mass is 643 g/mol. The Morgan fingerprint density at radius 3 is 2.23 bits per heavy atom. The first-order valence-corrected chi connectivity index (χ1v) is 18.8. The lowest BCUT2D eigenvalue weighted by Gasteiger charge is -2.67. The molecule has 5 saturated carbocycles. The molecule has 0 heterocycles. The largest absolute Gasteiger partial charge is 0.462 e. The first kappa shape index (κ1) is 33.0. The van der Waals surface area contributed by atoms with Crippen molar-refractivity contribution in [3.8, 4) is 0 Å². The van der Waals surface area contributed by atoms with Gasteiger partial charge in [-0.1, -0.05) is 71.9 Å². The van der Waals surface area contributed by atoms with Crippen LogP contribution in [0.15, 0.2) is 41.5 Å². The van der Waals surface area contributed by atoms with E-state index >= 15 is 0 Å². The second-order valence-electron chi connectivity index (χ2n) is 17.6. The second-order valence-corrected chi connectivity index (χ2v) is 17.6. The van der Waals surface area contributed by atoms with E-state index in [9.17, 15) is 14.4 Å². The molecule has 0 amide bonds. The first-order valence-electron chi connectivity index (χ1n) is 18.8. The number of carbonyl (C=O) groups excluding carboxylic acids is 3. The van der Waals surface area contributed by atoms with Crippen molar-refractivity contribution >= 4 is 17.7 Å². The summed E-state index contributed by atoms with van der Waals surface area (Å²) in [6.07, 6.45) is 9.74. The number of hydrogen-bond acceptors (Lipinski definition) is 6. The maximum atomic E-state index is 13.5. The molecule has 47 heavy (non-hydrogen) atoms. The summed E-state index contributed by atoms with van der Waals surface area (Å²) in [5.41, 5.74) is 10.5. The summed E-state index contributed by atoms with van der Waals surface area (Å²) in [5.74, 6) is 2.17. The zero-order valence-corrected chi connectivity index (χ0v) is 29.6. The van der Waals surface area contributed by atoms with Crippen LogP contribution in [0, 0.1) is 64.1 Å². The number of ketones is 1. The molecule has 0 aromatic heterocycles. The highest BCUT2D eigenvalue weighted by atomic mass is 16.5. The minimum absolute atomic E-state index is 0.0617. The summed E-state index contributed by atoms with van der Waals surface area (Å²) in [7, 11) is 0. The highest BCUT2D eigenvalue weighted by Gasteiger charge is 2.64. The molecule has 2 N–H and O–H groups in total. The number of Topliss-reactive ketones (excluding diaryl/α,β-unsaturated/α-hetero) is 1. The highest BCUT2D eigenvalue weighted by Crippen LogP contribution is 2.70. The van der Waals surface area contributed by atoms with Crippen LogP contribution in [-0.4, -0.2) is 29.4 Å². The van der Waals surface area contributed by atoms with Crippen LogP contribution in [0.2, 0.25) is 0 Å². The number of esters is 2. The van der Waals surface area contributed by atoms with Crippen molar-refractivity contribution in [1.82, 2.24) is 0 Å². The molecule has 1 aromatic carbocycles. The summed E-state index contributed by atoms with van der Waals surface area (Å²) in [6.45, 7) is 14.1.